The lowest BCUT2D eigenvalue weighted by atomic mass is 10.1. The minimum atomic E-state index is -0.532. The summed E-state index contributed by atoms with van der Waals surface area (Å²) in [7, 11) is 2.68. The zero-order valence-corrected chi connectivity index (χ0v) is 9.85. The predicted molar refractivity (Wildman–Crippen MR) is 55.3 cm³/mol. The molecule has 0 spiro atoms. The second kappa shape index (κ2) is 4.55. The molecule has 1 fully saturated rings. The highest BCUT2D eigenvalue weighted by Crippen LogP contribution is 2.55. The third-order valence-electron chi connectivity index (χ3n) is 2.95. The van der Waals surface area contributed by atoms with Crippen LogP contribution >= 0.6 is 0 Å². The van der Waals surface area contributed by atoms with Crippen LogP contribution in [0.4, 0.5) is 0 Å². The van der Waals surface area contributed by atoms with E-state index in [1.54, 1.807) is 6.08 Å². The minimum absolute atomic E-state index is 0.0215. The molecule has 0 heterocycles. The molecule has 2 atom stereocenters. The van der Waals surface area contributed by atoms with Crippen molar-refractivity contribution in [3.05, 3.63) is 11.8 Å². The highest BCUT2D eigenvalue weighted by molar-refractivity contribution is 5.86. The number of hydrogen-bond acceptors (Lipinski definition) is 5. The molecule has 0 N–H and O–H groups in total. The van der Waals surface area contributed by atoms with E-state index >= 15 is 0 Å². The molecule has 0 aliphatic heterocycles. The highest BCUT2D eigenvalue weighted by Gasteiger charge is 2.59. The number of ether oxygens (including phenoxy) is 3. The van der Waals surface area contributed by atoms with E-state index in [4.69, 9.17) is 9.47 Å². The van der Waals surface area contributed by atoms with Crippen LogP contribution in [0.1, 0.15) is 13.8 Å². The lowest BCUT2D eigenvalue weighted by Crippen LogP contribution is -2.07. The molecular formula is C11H16O5. The first kappa shape index (κ1) is 12.5. The molecule has 0 aromatic heterocycles. The van der Waals surface area contributed by atoms with Crippen molar-refractivity contribution < 1.29 is 23.8 Å². The van der Waals surface area contributed by atoms with Crippen molar-refractivity contribution in [3.8, 4) is 0 Å². The Kier molecular flexibility index (Phi) is 3.57. The molecular weight excluding hydrogens is 212 g/mol. The SMILES string of the molecule is COC(=O)C(=CC1C(OC=O)C1(C)C)OC. The standard InChI is InChI=1S/C11H16O5/c1-11(2)7(9(11)16-6-12)5-8(14-3)10(13)15-4/h5-7,9H,1-4H3. The summed E-state index contributed by atoms with van der Waals surface area (Å²) in [5, 5.41) is 0. The van der Waals surface area contributed by atoms with Crippen LogP contribution in [0.2, 0.25) is 0 Å². The molecule has 0 bridgehead atoms. The number of hydrogen-bond donors (Lipinski definition) is 0. The Bertz CT molecular complexity index is 318. The maximum absolute atomic E-state index is 11.3. The van der Waals surface area contributed by atoms with Crippen molar-refractivity contribution in [2.75, 3.05) is 14.2 Å². The van der Waals surface area contributed by atoms with Gasteiger partial charge in [-0.3, -0.25) is 4.79 Å². The Morgan fingerprint density at radius 2 is 1.88 bits per heavy atom. The first-order valence-corrected chi connectivity index (χ1v) is 4.92. The van der Waals surface area contributed by atoms with Crippen LogP contribution in [-0.2, 0) is 23.8 Å². The van der Waals surface area contributed by atoms with E-state index in [0.717, 1.165) is 0 Å². The second-order valence-electron chi connectivity index (χ2n) is 4.23. The molecule has 1 saturated carbocycles. The van der Waals surface area contributed by atoms with Gasteiger partial charge in [0.05, 0.1) is 14.2 Å². The summed E-state index contributed by atoms with van der Waals surface area (Å²) in [6.45, 7) is 4.32. The van der Waals surface area contributed by atoms with E-state index in [1.807, 2.05) is 13.8 Å². The van der Waals surface area contributed by atoms with Crippen LogP contribution in [-0.4, -0.2) is 32.8 Å². The topological polar surface area (TPSA) is 61.8 Å². The van der Waals surface area contributed by atoms with E-state index in [-0.39, 0.29) is 23.2 Å². The summed E-state index contributed by atoms with van der Waals surface area (Å²) >= 11 is 0. The van der Waals surface area contributed by atoms with Crippen molar-refractivity contribution in [2.24, 2.45) is 11.3 Å². The molecule has 0 saturated heterocycles. The maximum Gasteiger partial charge on any atom is 0.372 e. The Morgan fingerprint density at radius 3 is 2.31 bits per heavy atom. The average Bonchev–Trinajstić information content (AvgIpc) is 2.76. The van der Waals surface area contributed by atoms with Gasteiger partial charge in [0.1, 0.15) is 6.10 Å². The zero-order valence-electron chi connectivity index (χ0n) is 9.85. The fourth-order valence-corrected chi connectivity index (χ4v) is 1.73. The summed E-state index contributed by atoms with van der Waals surface area (Å²) in [6.07, 6.45) is 1.43. The van der Waals surface area contributed by atoms with Crippen LogP contribution in [0.3, 0.4) is 0 Å². The Morgan fingerprint density at radius 1 is 1.25 bits per heavy atom. The van der Waals surface area contributed by atoms with Crippen LogP contribution in [0, 0.1) is 11.3 Å². The van der Waals surface area contributed by atoms with Gasteiger partial charge in [-0.1, -0.05) is 13.8 Å². The van der Waals surface area contributed by atoms with E-state index in [2.05, 4.69) is 4.74 Å². The summed E-state index contributed by atoms with van der Waals surface area (Å²) in [4.78, 5) is 21.5. The molecule has 1 aliphatic carbocycles. The van der Waals surface area contributed by atoms with Crippen LogP contribution in [0.15, 0.2) is 11.8 Å². The lowest BCUT2D eigenvalue weighted by molar-refractivity contribution is -0.139. The molecule has 0 aromatic rings. The van der Waals surface area contributed by atoms with Gasteiger partial charge in [-0.25, -0.2) is 4.79 Å². The normalized spacial score (nSPS) is 26.9. The monoisotopic (exact) mass is 228 g/mol. The quantitative estimate of drug-likeness (QED) is 0.302. The zero-order chi connectivity index (χ0) is 12.3. The first-order valence-electron chi connectivity index (χ1n) is 4.92. The first-order chi connectivity index (χ1) is 7.48. The smallest absolute Gasteiger partial charge is 0.372 e. The Hall–Kier alpha value is -1.52. The second-order valence-corrected chi connectivity index (χ2v) is 4.23. The summed E-state index contributed by atoms with van der Waals surface area (Å²) < 4.78 is 14.4. The Labute approximate surface area is 94.4 Å². The summed E-state index contributed by atoms with van der Waals surface area (Å²) in [5.41, 5.74) is -0.168. The predicted octanol–water partition coefficient (Wildman–Crippen LogP) is 0.887. The van der Waals surface area contributed by atoms with E-state index in [0.29, 0.717) is 6.47 Å². The highest BCUT2D eigenvalue weighted by atomic mass is 16.6. The van der Waals surface area contributed by atoms with E-state index in [9.17, 15) is 9.59 Å². The maximum atomic E-state index is 11.3. The van der Waals surface area contributed by atoms with Gasteiger partial charge >= 0.3 is 5.97 Å². The minimum Gasteiger partial charge on any atom is -0.490 e. The fourth-order valence-electron chi connectivity index (χ4n) is 1.73. The van der Waals surface area contributed by atoms with Gasteiger partial charge in [-0.15, -0.1) is 0 Å². The van der Waals surface area contributed by atoms with Gasteiger partial charge in [0.15, 0.2) is 0 Å². The third-order valence-corrected chi connectivity index (χ3v) is 2.95. The number of carbonyl (C=O) groups excluding carboxylic acids is 2. The number of methoxy groups -OCH3 is 2. The molecule has 16 heavy (non-hydrogen) atoms. The molecule has 0 radical (unpaired) electrons. The van der Waals surface area contributed by atoms with Crippen LogP contribution in [0.5, 0.6) is 0 Å². The Balaban J connectivity index is 2.76. The van der Waals surface area contributed by atoms with Crippen molar-refractivity contribution in [2.45, 2.75) is 20.0 Å². The average molecular weight is 228 g/mol. The largest absolute Gasteiger partial charge is 0.490 e. The van der Waals surface area contributed by atoms with Gasteiger partial charge in [-0.2, -0.15) is 0 Å². The van der Waals surface area contributed by atoms with Gasteiger partial charge in [0.2, 0.25) is 5.76 Å². The molecule has 2 unspecified atom stereocenters. The van der Waals surface area contributed by atoms with Crippen molar-refractivity contribution in [3.63, 3.8) is 0 Å². The van der Waals surface area contributed by atoms with E-state index in [1.165, 1.54) is 14.2 Å². The summed E-state index contributed by atoms with van der Waals surface area (Å²) in [6, 6.07) is 0. The fraction of sp³-hybridized carbons (Fsp3) is 0.636. The lowest BCUT2D eigenvalue weighted by Gasteiger charge is -2.03. The van der Waals surface area contributed by atoms with Crippen molar-refractivity contribution in [1.29, 1.82) is 0 Å². The number of esters is 1. The van der Waals surface area contributed by atoms with Gasteiger partial charge in [0, 0.05) is 11.3 Å². The van der Waals surface area contributed by atoms with Gasteiger partial charge in [-0.05, 0) is 6.08 Å². The van der Waals surface area contributed by atoms with Crippen molar-refractivity contribution >= 4 is 12.4 Å². The van der Waals surface area contributed by atoms with Crippen LogP contribution in [0.25, 0.3) is 0 Å². The molecule has 0 amide bonds. The third kappa shape index (κ3) is 2.18. The van der Waals surface area contributed by atoms with Crippen LogP contribution < -0.4 is 0 Å². The summed E-state index contributed by atoms with van der Waals surface area (Å²) in [5.74, 6) is -0.417. The molecule has 5 nitrogen and oxygen atoms in total. The number of carbonyl (C=O) groups is 2. The molecule has 90 valence electrons. The molecule has 1 aliphatic rings. The molecule has 5 heteroatoms. The van der Waals surface area contributed by atoms with E-state index < -0.39 is 5.97 Å². The number of rotatable bonds is 5. The van der Waals surface area contributed by atoms with Gasteiger partial charge in [0.25, 0.3) is 6.47 Å². The molecule has 1 rings (SSSR count). The molecule has 0 aromatic carbocycles. The van der Waals surface area contributed by atoms with Gasteiger partial charge < -0.3 is 14.2 Å². The van der Waals surface area contributed by atoms with Crippen molar-refractivity contribution in [1.82, 2.24) is 0 Å².